The van der Waals surface area contributed by atoms with Crippen LogP contribution in [0.5, 0.6) is 5.75 Å². The highest BCUT2D eigenvalue weighted by Crippen LogP contribution is 2.32. The molecule has 1 atom stereocenters. The Bertz CT molecular complexity index is 1070. The molecule has 0 aromatic heterocycles. The van der Waals surface area contributed by atoms with Gasteiger partial charge in [0, 0.05) is 25.7 Å². The molecule has 0 aliphatic carbocycles. The fourth-order valence-corrected chi connectivity index (χ4v) is 4.51. The van der Waals surface area contributed by atoms with Gasteiger partial charge in [0.2, 0.25) is 11.8 Å². The van der Waals surface area contributed by atoms with Gasteiger partial charge in [-0.05, 0) is 51.1 Å². The van der Waals surface area contributed by atoms with Gasteiger partial charge in [0.25, 0.3) is 10.0 Å². The number of methoxy groups -OCH3 is 1. The number of para-hydroxylation sites is 2. The van der Waals surface area contributed by atoms with E-state index in [0.717, 1.165) is 0 Å². The average molecular weight is 463 g/mol. The van der Waals surface area contributed by atoms with Crippen molar-refractivity contribution in [1.29, 1.82) is 0 Å². The van der Waals surface area contributed by atoms with Gasteiger partial charge in [-0.15, -0.1) is 0 Å². The third-order valence-corrected chi connectivity index (χ3v) is 6.18. The number of nitrogens with one attached hydrogen (secondary N) is 3. The summed E-state index contributed by atoms with van der Waals surface area (Å²) in [5, 5.41) is 5.16. The molecular weight excluding hydrogens is 432 g/mol. The van der Waals surface area contributed by atoms with Crippen LogP contribution in [0, 0.1) is 0 Å². The minimum absolute atomic E-state index is 0.0112. The molecule has 0 saturated heterocycles. The molecule has 9 nitrogen and oxygen atoms in total. The van der Waals surface area contributed by atoms with Gasteiger partial charge in [0.05, 0.1) is 18.5 Å². The fraction of sp³-hybridized carbons (Fsp3) is 0.364. The first-order chi connectivity index (χ1) is 15.1. The van der Waals surface area contributed by atoms with E-state index in [1.165, 1.54) is 20.1 Å². The maximum Gasteiger partial charge on any atom is 0.264 e. The second kappa shape index (κ2) is 10.9. The molecular formula is C22H30N4O5S. The standard InChI is InChI=1S/C22H30N4O5S/c1-6-26(7-2)19-13-12-17(24-22(28)15(3)23-16(4)27)14-21(19)32(29,30)25-18-10-8-9-11-20(18)31-5/h8-15,25H,6-7H2,1-5H3,(H,23,27)(H,24,28). The van der Waals surface area contributed by atoms with Crippen molar-refractivity contribution in [3.05, 3.63) is 42.5 Å². The van der Waals surface area contributed by atoms with Crippen LogP contribution in [-0.2, 0) is 19.6 Å². The number of hydrogen-bond donors (Lipinski definition) is 3. The molecule has 0 fully saturated rings. The van der Waals surface area contributed by atoms with Crippen molar-refractivity contribution >= 4 is 38.9 Å². The van der Waals surface area contributed by atoms with Gasteiger partial charge in [-0.2, -0.15) is 0 Å². The highest BCUT2D eigenvalue weighted by atomic mass is 32.2. The van der Waals surface area contributed by atoms with Gasteiger partial charge in [-0.3, -0.25) is 14.3 Å². The van der Waals surface area contributed by atoms with E-state index in [1.54, 1.807) is 43.3 Å². The molecule has 0 radical (unpaired) electrons. The second-order valence-corrected chi connectivity index (χ2v) is 8.72. The van der Waals surface area contributed by atoms with Crippen LogP contribution in [-0.4, -0.2) is 46.5 Å². The van der Waals surface area contributed by atoms with Crippen LogP contribution in [0.2, 0.25) is 0 Å². The van der Waals surface area contributed by atoms with Crippen molar-refractivity contribution < 1.29 is 22.7 Å². The first kappa shape index (κ1) is 25.0. The predicted octanol–water partition coefficient (Wildman–Crippen LogP) is 2.81. The molecule has 0 spiro atoms. The Morgan fingerprint density at radius 3 is 2.34 bits per heavy atom. The molecule has 2 aromatic carbocycles. The third kappa shape index (κ3) is 6.13. The Morgan fingerprint density at radius 2 is 1.75 bits per heavy atom. The van der Waals surface area contributed by atoms with Crippen LogP contribution >= 0.6 is 0 Å². The molecule has 32 heavy (non-hydrogen) atoms. The summed E-state index contributed by atoms with van der Waals surface area (Å²) in [4.78, 5) is 25.5. The van der Waals surface area contributed by atoms with Crippen molar-refractivity contribution in [3.63, 3.8) is 0 Å². The first-order valence-corrected chi connectivity index (χ1v) is 11.7. The van der Waals surface area contributed by atoms with Gasteiger partial charge in [0.1, 0.15) is 16.7 Å². The van der Waals surface area contributed by atoms with Crippen LogP contribution in [0.4, 0.5) is 17.1 Å². The van der Waals surface area contributed by atoms with Crippen LogP contribution in [0.15, 0.2) is 47.4 Å². The van der Waals surface area contributed by atoms with E-state index in [4.69, 9.17) is 4.74 Å². The summed E-state index contributed by atoms with van der Waals surface area (Å²) in [6.45, 7) is 7.91. The summed E-state index contributed by atoms with van der Waals surface area (Å²) in [6.07, 6.45) is 0. The van der Waals surface area contributed by atoms with Gasteiger partial charge >= 0.3 is 0 Å². The second-order valence-electron chi connectivity index (χ2n) is 7.07. The Morgan fingerprint density at radius 1 is 1.09 bits per heavy atom. The summed E-state index contributed by atoms with van der Waals surface area (Å²) in [5.41, 5.74) is 1.10. The highest BCUT2D eigenvalue weighted by Gasteiger charge is 2.24. The molecule has 0 aliphatic rings. The maximum absolute atomic E-state index is 13.4. The molecule has 0 aliphatic heterocycles. The molecule has 0 saturated carbocycles. The minimum Gasteiger partial charge on any atom is -0.495 e. The number of nitrogens with zero attached hydrogens (tertiary/aromatic N) is 1. The van der Waals surface area contributed by atoms with Crippen molar-refractivity contribution in [2.75, 3.05) is 35.1 Å². The number of ether oxygens (including phenoxy) is 1. The lowest BCUT2D eigenvalue weighted by atomic mass is 10.2. The highest BCUT2D eigenvalue weighted by molar-refractivity contribution is 7.93. The van der Waals surface area contributed by atoms with Crippen molar-refractivity contribution in [1.82, 2.24) is 5.32 Å². The first-order valence-electron chi connectivity index (χ1n) is 10.3. The predicted molar refractivity (Wildman–Crippen MR) is 126 cm³/mol. The molecule has 2 rings (SSSR count). The SMILES string of the molecule is CCN(CC)c1ccc(NC(=O)C(C)NC(C)=O)cc1S(=O)(=O)Nc1ccccc1OC. The van der Waals surface area contributed by atoms with Crippen LogP contribution in [0.1, 0.15) is 27.7 Å². The average Bonchev–Trinajstić information content (AvgIpc) is 2.75. The number of benzene rings is 2. The molecule has 2 aromatic rings. The minimum atomic E-state index is -4.03. The smallest absolute Gasteiger partial charge is 0.264 e. The molecule has 174 valence electrons. The Kier molecular flexibility index (Phi) is 8.48. The number of amides is 2. The topological polar surface area (TPSA) is 117 Å². The van der Waals surface area contributed by atoms with Crippen molar-refractivity contribution in [3.8, 4) is 5.75 Å². The molecule has 10 heteroatoms. The quantitative estimate of drug-likeness (QED) is 0.500. The van der Waals surface area contributed by atoms with E-state index in [1.807, 2.05) is 18.7 Å². The van der Waals surface area contributed by atoms with E-state index in [-0.39, 0.29) is 10.8 Å². The maximum atomic E-state index is 13.4. The fourth-order valence-electron chi connectivity index (χ4n) is 3.18. The van der Waals surface area contributed by atoms with Gasteiger partial charge < -0.3 is 20.3 Å². The van der Waals surface area contributed by atoms with Crippen LogP contribution in [0.25, 0.3) is 0 Å². The lowest BCUT2D eigenvalue weighted by Gasteiger charge is -2.25. The Labute approximate surface area is 189 Å². The van der Waals surface area contributed by atoms with Gasteiger partial charge in [0.15, 0.2) is 0 Å². The van der Waals surface area contributed by atoms with E-state index >= 15 is 0 Å². The number of anilines is 3. The third-order valence-electron chi connectivity index (χ3n) is 4.79. The van der Waals surface area contributed by atoms with E-state index in [0.29, 0.717) is 35.9 Å². The molecule has 2 amide bonds. The van der Waals surface area contributed by atoms with Crippen LogP contribution < -0.4 is 25.0 Å². The monoisotopic (exact) mass is 462 g/mol. The molecule has 3 N–H and O–H groups in total. The van der Waals surface area contributed by atoms with E-state index in [2.05, 4.69) is 15.4 Å². The number of sulfonamides is 1. The van der Waals surface area contributed by atoms with Gasteiger partial charge in [-0.1, -0.05) is 12.1 Å². The lowest BCUT2D eigenvalue weighted by Crippen LogP contribution is -2.40. The molecule has 0 bridgehead atoms. The number of carbonyl (C=O) groups excluding carboxylic acids is 2. The Balaban J connectivity index is 2.48. The summed E-state index contributed by atoms with van der Waals surface area (Å²) in [5.74, 6) is -0.417. The summed E-state index contributed by atoms with van der Waals surface area (Å²) in [7, 11) is -2.57. The zero-order chi connectivity index (χ0) is 23.9. The van der Waals surface area contributed by atoms with Crippen molar-refractivity contribution in [2.24, 2.45) is 0 Å². The van der Waals surface area contributed by atoms with E-state index in [9.17, 15) is 18.0 Å². The normalized spacial score (nSPS) is 11.9. The number of rotatable bonds is 10. The number of carbonyl (C=O) groups is 2. The largest absolute Gasteiger partial charge is 0.495 e. The lowest BCUT2D eigenvalue weighted by molar-refractivity contribution is -0.124. The zero-order valence-electron chi connectivity index (χ0n) is 18.9. The summed E-state index contributed by atoms with van der Waals surface area (Å²) in [6, 6.07) is 10.6. The molecule has 1 unspecified atom stereocenters. The number of hydrogen-bond acceptors (Lipinski definition) is 6. The summed E-state index contributed by atoms with van der Waals surface area (Å²) >= 11 is 0. The van der Waals surface area contributed by atoms with Crippen LogP contribution in [0.3, 0.4) is 0 Å². The van der Waals surface area contributed by atoms with Crippen molar-refractivity contribution in [2.45, 2.75) is 38.6 Å². The van der Waals surface area contributed by atoms with E-state index < -0.39 is 22.0 Å². The Hall–Kier alpha value is -3.27. The summed E-state index contributed by atoms with van der Waals surface area (Å²) < 4.78 is 34.6. The zero-order valence-corrected chi connectivity index (χ0v) is 19.7. The molecule has 0 heterocycles. The van der Waals surface area contributed by atoms with Gasteiger partial charge in [-0.25, -0.2) is 8.42 Å².